The lowest BCUT2D eigenvalue weighted by molar-refractivity contribution is 0.582. The molecule has 0 aliphatic carbocycles. The van der Waals surface area contributed by atoms with E-state index in [-0.39, 0.29) is 4.90 Å². The third-order valence-electron chi connectivity index (χ3n) is 4.05. The molecule has 2 heterocycles. The molecule has 0 unspecified atom stereocenters. The minimum atomic E-state index is -3.85. The number of aryl methyl sites for hydroxylation is 1. The maximum atomic E-state index is 13.1. The molecule has 130 valence electrons. The summed E-state index contributed by atoms with van der Waals surface area (Å²) < 4.78 is 28.0. The molecule has 7 heteroatoms. The van der Waals surface area contributed by atoms with Gasteiger partial charge in [0.2, 0.25) is 0 Å². The Bertz CT molecular complexity index is 1200. The quantitative estimate of drug-likeness (QED) is 0.485. The van der Waals surface area contributed by atoms with Crippen molar-refractivity contribution < 1.29 is 8.42 Å². The van der Waals surface area contributed by atoms with Gasteiger partial charge in [0.25, 0.3) is 10.0 Å². The van der Waals surface area contributed by atoms with Crippen LogP contribution in [-0.4, -0.2) is 22.6 Å². The zero-order valence-corrected chi connectivity index (χ0v) is 16.2. The zero-order valence-electron chi connectivity index (χ0n) is 13.8. The zero-order chi connectivity index (χ0) is 18.3. The summed E-state index contributed by atoms with van der Waals surface area (Å²) in [7, 11) is -3.85. The Labute approximate surface area is 159 Å². The minimum absolute atomic E-state index is 0.178. The largest absolute Gasteiger partial charge is 0.284 e. The van der Waals surface area contributed by atoms with Gasteiger partial charge in [0.1, 0.15) is 5.69 Å². The number of pyridine rings is 1. The average Bonchev–Trinajstić information content (AvgIpc) is 3.02. The molecule has 0 atom stereocenters. The van der Waals surface area contributed by atoms with Gasteiger partial charge in [-0.25, -0.2) is 4.98 Å². The molecule has 0 aliphatic heterocycles. The normalized spacial score (nSPS) is 11.8. The monoisotopic (exact) mass is 427 g/mol. The summed E-state index contributed by atoms with van der Waals surface area (Å²) in [6.45, 7) is 1.91. The topological polar surface area (TPSA) is 64.8 Å². The smallest absolute Gasteiger partial charge is 0.235 e. The van der Waals surface area contributed by atoms with Gasteiger partial charge in [0, 0.05) is 21.6 Å². The Kier molecular flexibility index (Phi) is 4.13. The highest BCUT2D eigenvalue weighted by atomic mass is 79.9. The van der Waals surface area contributed by atoms with E-state index in [9.17, 15) is 8.42 Å². The average molecular weight is 428 g/mol. The van der Waals surface area contributed by atoms with E-state index in [2.05, 4.69) is 26.0 Å². The van der Waals surface area contributed by atoms with Gasteiger partial charge in [-0.05, 0) is 41.1 Å². The molecule has 2 aromatic carbocycles. The van der Waals surface area contributed by atoms with Crippen molar-refractivity contribution in [3.8, 4) is 11.3 Å². The van der Waals surface area contributed by atoms with Crippen molar-refractivity contribution in [1.29, 1.82) is 0 Å². The Morgan fingerprint density at radius 2 is 1.69 bits per heavy atom. The van der Waals surface area contributed by atoms with Crippen LogP contribution < -0.4 is 0 Å². The number of nitrogens with zero attached hydrogens (tertiary/aromatic N) is 3. The molecular weight excluding hydrogens is 414 g/mol. The molecule has 0 aliphatic rings. The van der Waals surface area contributed by atoms with Gasteiger partial charge < -0.3 is 0 Å². The standard InChI is InChI=1S/C19H14BrN3O2S/c1-13-7-9-16(10-8-13)26(24,25)23-19-17(11-15(20)12-21-19)18(22-23)14-5-3-2-4-6-14/h2-12H,1H3. The molecule has 4 rings (SSSR count). The lowest BCUT2D eigenvalue weighted by atomic mass is 10.1. The fraction of sp³-hybridized carbons (Fsp3) is 0.0526. The first kappa shape index (κ1) is 16.9. The van der Waals surface area contributed by atoms with Gasteiger partial charge in [0.15, 0.2) is 5.65 Å². The molecule has 0 N–H and O–H groups in total. The Morgan fingerprint density at radius 3 is 2.38 bits per heavy atom. The van der Waals surface area contributed by atoms with Gasteiger partial charge in [-0.15, -0.1) is 4.09 Å². The molecule has 5 nitrogen and oxygen atoms in total. The summed E-state index contributed by atoms with van der Waals surface area (Å²) in [6.07, 6.45) is 1.57. The van der Waals surface area contributed by atoms with E-state index in [1.54, 1.807) is 30.5 Å². The van der Waals surface area contributed by atoms with Gasteiger partial charge in [-0.3, -0.25) is 0 Å². The van der Waals surface area contributed by atoms with Crippen molar-refractivity contribution in [3.05, 3.63) is 76.9 Å². The SMILES string of the molecule is Cc1ccc(S(=O)(=O)n2nc(-c3ccccc3)c3cc(Br)cnc32)cc1. The van der Waals surface area contributed by atoms with Crippen LogP contribution in [0.25, 0.3) is 22.3 Å². The van der Waals surface area contributed by atoms with E-state index in [0.29, 0.717) is 16.7 Å². The number of halogens is 1. The molecule has 0 saturated heterocycles. The molecule has 0 saturated carbocycles. The predicted molar refractivity (Wildman–Crippen MR) is 104 cm³/mol. The van der Waals surface area contributed by atoms with Crippen LogP contribution in [0.3, 0.4) is 0 Å². The van der Waals surface area contributed by atoms with E-state index in [0.717, 1.165) is 19.7 Å². The van der Waals surface area contributed by atoms with Crippen LogP contribution in [0.1, 0.15) is 5.56 Å². The first-order chi connectivity index (χ1) is 12.5. The van der Waals surface area contributed by atoms with E-state index >= 15 is 0 Å². The number of aromatic nitrogens is 3. The molecule has 0 fully saturated rings. The van der Waals surface area contributed by atoms with Crippen molar-refractivity contribution in [3.63, 3.8) is 0 Å². The number of rotatable bonds is 3. The summed E-state index contributed by atoms with van der Waals surface area (Å²) in [4.78, 5) is 4.49. The Balaban J connectivity index is 2.01. The highest BCUT2D eigenvalue weighted by Gasteiger charge is 2.24. The molecule has 2 aromatic heterocycles. The summed E-state index contributed by atoms with van der Waals surface area (Å²) >= 11 is 3.40. The van der Waals surface area contributed by atoms with Crippen molar-refractivity contribution in [2.24, 2.45) is 0 Å². The Morgan fingerprint density at radius 1 is 1.00 bits per heavy atom. The molecule has 0 radical (unpaired) electrons. The summed E-state index contributed by atoms with van der Waals surface area (Å²) in [6, 6.07) is 18.0. The summed E-state index contributed by atoms with van der Waals surface area (Å²) in [5.41, 5.74) is 2.69. The van der Waals surface area contributed by atoms with E-state index < -0.39 is 10.0 Å². The van der Waals surface area contributed by atoms with Crippen LogP contribution >= 0.6 is 15.9 Å². The van der Waals surface area contributed by atoms with Crippen LogP contribution in [0.2, 0.25) is 0 Å². The third-order valence-corrected chi connectivity index (χ3v) is 6.07. The van der Waals surface area contributed by atoms with E-state index in [1.807, 2.05) is 43.3 Å². The fourth-order valence-electron chi connectivity index (χ4n) is 2.74. The summed E-state index contributed by atoms with van der Waals surface area (Å²) in [5, 5.41) is 5.08. The predicted octanol–water partition coefficient (Wildman–Crippen LogP) is 4.41. The van der Waals surface area contributed by atoms with Crippen LogP contribution in [0.15, 0.2) is 76.2 Å². The van der Waals surface area contributed by atoms with Crippen LogP contribution in [0.4, 0.5) is 0 Å². The van der Waals surface area contributed by atoms with Crippen LogP contribution in [-0.2, 0) is 10.0 Å². The molecule has 0 amide bonds. The van der Waals surface area contributed by atoms with Crippen molar-refractivity contribution in [2.45, 2.75) is 11.8 Å². The van der Waals surface area contributed by atoms with E-state index in [4.69, 9.17) is 0 Å². The number of benzene rings is 2. The molecule has 0 bridgehead atoms. The van der Waals surface area contributed by atoms with Crippen LogP contribution in [0.5, 0.6) is 0 Å². The first-order valence-electron chi connectivity index (χ1n) is 7.89. The highest BCUT2D eigenvalue weighted by molar-refractivity contribution is 9.10. The van der Waals surface area contributed by atoms with Crippen molar-refractivity contribution in [1.82, 2.24) is 14.2 Å². The second kappa shape index (κ2) is 6.34. The lowest BCUT2D eigenvalue weighted by Crippen LogP contribution is -2.15. The van der Waals surface area contributed by atoms with Gasteiger partial charge in [-0.1, -0.05) is 48.0 Å². The number of hydrogen-bond donors (Lipinski definition) is 0. The van der Waals surface area contributed by atoms with Gasteiger partial charge >= 0.3 is 0 Å². The molecule has 0 spiro atoms. The number of fused-ring (bicyclic) bond motifs is 1. The second-order valence-corrected chi connectivity index (χ2v) is 8.58. The Hall–Kier alpha value is -2.51. The summed E-state index contributed by atoms with van der Waals surface area (Å²) in [5.74, 6) is 0. The highest BCUT2D eigenvalue weighted by Crippen LogP contribution is 2.30. The van der Waals surface area contributed by atoms with Crippen molar-refractivity contribution in [2.75, 3.05) is 0 Å². The lowest BCUT2D eigenvalue weighted by Gasteiger charge is -2.05. The van der Waals surface area contributed by atoms with Crippen LogP contribution in [0, 0.1) is 6.92 Å². The molecular formula is C19H14BrN3O2S. The van der Waals surface area contributed by atoms with Gasteiger partial charge in [0.05, 0.1) is 4.90 Å². The van der Waals surface area contributed by atoms with Gasteiger partial charge in [-0.2, -0.15) is 13.5 Å². The first-order valence-corrected chi connectivity index (χ1v) is 10.1. The second-order valence-electron chi connectivity index (χ2n) is 5.90. The van der Waals surface area contributed by atoms with Crippen molar-refractivity contribution >= 4 is 37.0 Å². The molecule has 26 heavy (non-hydrogen) atoms. The maximum Gasteiger partial charge on any atom is 0.284 e. The number of hydrogen-bond acceptors (Lipinski definition) is 4. The fourth-order valence-corrected chi connectivity index (χ4v) is 4.31. The van der Waals surface area contributed by atoms with E-state index in [1.165, 1.54) is 0 Å². The maximum absolute atomic E-state index is 13.1. The minimum Gasteiger partial charge on any atom is -0.235 e. The molecule has 4 aromatic rings. The third kappa shape index (κ3) is 2.83.